The summed E-state index contributed by atoms with van der Waals surface area (Å²) >= 11 is 0. The van der Waals surface area contributed by atoms with E-state index < -0.39 is 5.82 Å². The van der Waals surface area contributed by atoms with E-state index in [4.69, 9.17) is 0 Å². The third kappa shape index (κ3) is 3.37. The van der Waals surface area contributed by atoms with Gasteiger partial charge in [0.25, 0.3) is 5.91 Å². The predicted molar refractivity (Wildman–Crippen MR) is 102 cm³/mol. The van der Waals surface area contributed by atoms with Crippen LogP contribution in [0.1, 0.15) is 34.3 Å². The summed E-state index contributed by atoms with van der Waals surface area (Å²) in [6, 6.07) is 8.38. The molecular weight excluding hydrogens is 357 g/mol. The summed E-state index contributed by atoms with van der Waals surface area (Å²) in [7, 11) is 0. The molecule has 0 aromatic heterocycles. The van der Waals surface area contributed by atoms with Gasteiger partial charge in [0.1, 0.15) is 5.82 Å². The van der Waals surface area contributed by atoms with Crippen LogP contribution in [-0.4, -0.2) is 18.4 Å². The third-order valence-corrected chi connectivity index (χ3v) is 4.68. The second kappa shape index (κ2) is 7.33. The van der Waals surface area contributed by atoms with Crippen LogP contribution in [-0.2, 0) is 17.6 Å². The first-order chi connectivity index (χ1) is 12.1. The molecule has 2 aromatic rings. The molecule has 0 unspecified atom stereocenters. The van der Waals surface area contributed by atoms with Crippen LogP contribution in [0, 0.1) is 5.82 Å². The Balaban J connectivity index is 0.00000196. The van der Waals surface area contributed by atoms with Gasteiger partial charge in [-0.1, -0.05) is 6.07 Å². The van der Waals surface area contributed by atoms with E-state index >= 15 is 0 Å². The molecule has 0 radical (unpaired) electrons. The summed E-state index contributed by atoms with van der Waals surface area (Å²) in [4.78, 5) is 24.2. The fourth-order valence-electron chi connectivity index (χ4n) is 3.41. The number of rotatable bonds is 2. The van der Waals surface area contributed by atoms with Crippen LogP contribution in [0.2, 0.25) is 0 Å². The number of halogens is 2. The van der Waals surface area contributed by atoms with Crippen LogP contribution in [0.5, 0.6) is 0 Å². The molecule has 2 aromatic carbocycles. The van der Waals surface area contributed by atoms with Gasteiger partial charge in [-0.15, -0.1) is 12.4 Å². The van der Waals surface area contributed by atoms with E-state index in [1.54, 1.807) is 6.07 Å². The van der Waals surface area contributed by atoms with E-state index in [0.717, 1.165) is 36.2 Å². The van der Waals surface area contributed by atoms with Crippen LogP contribution >= 0.6 is 12.4 Å². The Kier molecular flexibility index (Phi) is 5.13. The van der Waals surface area contributed by atoms with Gasteiger partial charge in [-0.25, -0.2) is 4.39 Å². The zero-order valence-corrected chi connectivity index (χ0v) is 14.8. The number of fused-ring (bicyclic) bond motifs is 2. The Morgan fingerprint density at radius 1 is 1.12 bits per heavy atom. The maximum Gasteiger partial charge on any atom is 0.256 e. The minimum atomic E-state index is -0.494. The number of hydrogen-bond donors (Lipinski definition) is 3. The molecule has 2 heterocycles. The van der Waals surface area contributed by atoms with Crippen molar-refractivity contribution in [1.29, 1.82) is 0 Å². The van der Waals surface area contributed by atoms with Gasteiger partial charge in [-0.05, 0) is 54.7 Å². The summed E-state index contributed by atoms with van der Waals surface area (Å²) < 4.78 is 14.4. The number of hydrogen-bond acceptors (Lipinski definition) is 3. The van der Waals surface area contributed by atoms with Crippen LogP contribution in [0.3, 0.4) is 0 Å². The summed E-state index contributed by atoms with van der Waals surface area (Å²) in [5, 5.41) is 8.65. The standard InChI is InChI=1S/C19H18FN3O2.ClH/c20-14-9-11-6-7-18(24)22-16(11)10-17(14)23-19(25)13-3-1-5-15-12(13)4-2-8-21-15;/h1,3,5,9-10,21H,2,4,6-8H2,(H,22,24)(H,23,25);1H. The van der Waals surface area contributed by atoms with Gasteiger partial charge < -0.3 is 16.0 Å². The van der Waals surface area contributed by atoms with Crippen molar-refractivity contribution in [2.24, 2.45) is 0 Å². The van der Waals surface area contributed by atoms with Crippen molar-refractivity contribution in [3.05, 3.63) is 52.8 Å². The van der Waals surface area contributed by atoms with Crippen molar-refractivity contribution in [2.45, 2.75) is 25.7 Å². The lowest BCUT2D eigenvalue weighted by atomic mass is 9.97. The molecule has 0 saturated carbocycles. The van der Waals surface area contributed by atoms with Crippen LogP contribution in [0.15, 0.2) is 30.3 Å². The van der Waals surface area contributed by atoms with Gasteiger partial charge in [-0.3, -0.25) is 9.59 Å². The maximum atomic E-state index is 14.4. The smallest absolute Gasteiger partial charge is 0.256 e. The number of anilines is 3. The molecule has 0 atom stereocenters. The molecule has 0 spiro atoms. The molecule has 0 fully saturated rings. The van der Waals surface area contributed by atoms with Gasteiger partial charge in [0, 0.05) is 29.9 Å². The van der Waals surface area contributed by atoms with E-state index in [0.29, 0.717) is 24.1 Å². The van der Waals surface area contributed by atoms with Gasteiger partial charge >= 0.3 is 0 Å². The largest absolute Gasteiger partial charge is 0.385 e. The summed E-state index contributed by atoms with van der Waals surface area (Å²) in [5.74, 6) is -0.938. The van der Waals surface area contributed by atoms with Crippen molar-refractivity contribution in [2.75, 3.05) is 22.5 Å². The average Bonchev–Trinajstić information content (AvgIpc) is 2.62. The van der Waals surface area contributed by atoms with Gasteiger partial charge in [-0.2, -0.15) is 0 Å². The number of carbonyl (C=O) groups excluding carboxylic acids is 2. The van der Waals surface area contributed by atoms with Crippen molar-refractivity contribution in [3.8, 4) is 0 Å². The Morgan fingerprint density at radius 2 is 1.96 bits per heavy atom. The van der Waals surface area contributed by atoms with E-state index in [2.05, 4.69) is 16.0 Å². The average molecular weight is 376 g/mol. The summed E-state index contributed by atoms with van der Waals surface area (Å²) in [6.07, 6.45) is 2.62. The van der Waals surface area contributed by atoms with Crippen molar-refractivity contribution in [3.63, 3.8) is 0 Å². The lowest BCUT2D eigenvalue weighted by molar-refractivity contribution is -0.116. The number of nitrogens with one attached hydrogen (secondary N) is 3. The molecular formula is C19H19ClFN3O2. The van der Waals surface area contributed by atoms with E-state index in [-0.39, 0.29) is 29.9 Å². The summed E-state index contributed by atoms with van der Waals surface area (Å²) in [6.45, 7) is 0.886. The molecule has 4 rings (SSSR count). The molecule has 136 valence electrons. The zero-order valence-electron chi connectivity index (χ0n) is 14.0. The Morgan fingerprint density at radius 3 is 2.81 bits per heavy atom. The first-order valence-electron chi connectivity index (χ1n) is 8.41. The monoisotopic (exact) mass is 375 g/mol. The van der Waals surface area contributed by atoms with Crippen LogP contribution in [0.4, 0.5) is 21.5 Å². The maximum absolute atomic E-state index is 14.4. The second-order valence-corrected chi connectivity index (χ2v) is 6.35. The van der Waals surface area contributed by atoms with Gasteiger partial charge in [0.2, 0.25) is 5.91 Å². The minimum absolute atomic E-state index is 0. The fraction of sp³-hybridized carbons (Fsp3) is 0.263. The number of carbonyl (C=O) groups is 2. The quantitative estimate of drug-likeness (QED) is 0.748. The zero-order chi connectivity index (χ0) is 17.4. The molecule has 0 bridgehead atoms. The van der Waals surface area contributed by atoms with Crippen LogP contribution < -0.4 is 16.0 Å². The van der Waals surface area contributed by atoms with Crippen molar-refractivity contribution >= 4 is 41.3 Å². The number of benzene rings is 2. The van der Waals surface area contributed by atoms with E-state index in [9.17, 15) is 14.0 Å². The third-order valence-electron chi connectivity index (χ3n) is 4.68. The molecule has 0 saturated heterocycles. The van der Waals surface area contributed by atoms with Crippen LogP contribution in [0.25, 0.3) is 0 Å². The number of aryl methyl sites for hydroxylation is 1. The normalized spacial score (nSPS) is 14.9. The summed E-state index contributed by atoms with van der Waals surface area (Å²) in [5.41, 5.74) is 3.84. The van der Waals surface area contributed by atoms with E-state index in [1.165, 1.54) is 12.1 Å². The lowest BCUT2D eigenvalue weighted by Gasteiger charge is -2.21. The molecule has 7 heteroatoms. The molecule has 3 N–H and O–H groups in total. The Hall–Kier alpha value is -2.60. The Labute approximate surface area is 156 Å². The van der Waals surface area contributed by atoms with Crippen molar-refractivity contribution < 1.29 is 14.0 Å². The number of amides is 2. The highest BCUT2D eigenvalue weighted by Gasteiger charge is 2.21. The second-order valence-electron chi connectivity index (χ2n) is 6.35. The molecule has 2 aliphatic rings. The van der Waals surface area contributed by atoms with Gasteiger partial charge in [0.05, 0.1) is 5.69 Å². The minimum Gasteiger partial charge on any atom is -0.385 e. The molecule has 2 amide bonds. The van der Waals surface area contributed by atoms with Gasteiger partial charge in [0.15, 0.2) is 0 Å². The lowest BCUT2D eigenvalue weighted by Crippen LogP contribution is -2.21. The highest BCUT2D eigenvalue weighted by Crippen LogP contribution is 2.30. The first-order valence-corrected chi connectivity index (χ1v) is 8.41. The highest BCUT2D eigenvalue weighted by molar-refractivity contribution is 6.07. The first kappa shape index (κ1) is 18.2. The molecule has 26 heavy (non-hydrogen) atoms. The molecule has 2 aliphatic heterocycles. The highest BCUT2D eigenvalue weighted by atomic mass is 35.5. The SMILES string of the molecule is Cl.O=C1CCc2cc(F)c(NC(=O)c3cccc4c3CCCN4)cc2N1. The topological polar surface area (TPSA) is 70.2 Å². The van der Waals surface area contributed by atoms with E-state index in [1.807, 2.05) is 12.1 Å². The fourth-order valence-corrected chi connectivity index (χ4v) is 3.41. The molecule has 0 aliphatic carbocycles. The molecule has 5 nitrogen and oxygen atoms in total. The van der Waals surface area contributed by atoms with Crippen molar-refractivity contribution in [1.82, 2.24) is 0 Å². The predicted octanol–water partition coefficient (Wildman–Crippen LogP) is 3.74. The Bertz CT molecular complexity index is 885.